The summed E-state index contributed by atoms with van der Waals surface area (Å²) < 4.78 is 5.91. The predicted molar refractivity (Wildman–Crippen MR) is 87.0 cm³/mol. The monoisotopic (exact) mass is 313 g/mol. The van der Waals surface area contributed by atoms with Crippen LogP contribution >= 0.6 is 0 Å². The van der Waals surface area contributed by atoms with Gasteiger partial charge in [0.05, 0.1) is 30.4 Å². The summed E-state index contributed by atoms with van der Waals surface area (Å²) in [5.74, 6) is 0.00910. The summed E-state index contributed by atoms with van der Waals surface area (Å²) in [6, 6.07) is 9.75. The normalized spacial score (nSPS) is 25.0. The molecule has 0 bridgehead atoms. The summed E-state index contributed by atoms with van der Waals surface area (Å²) >= 11 is 0. The molecule has 3 rings (SSSR count). The fraction of sp³-hybridized carbons (Fsp3) is 0.556. The van der Waals surface area contributed by atoms with Gasteiger partial charge in [-0.05, 0) is 38.5 Å². The molecule has 0 spiro atoms. The minimum atomic E-state index is 0.00910. The molecule has 2 saturated heterocycles. The Morgan fingerprint density at radius 3 is 2.96 bits per heavy atom. The highest BCUT2D eigenvalue weighted by Gasteiger charge is 2.39. The SMILES string of the molecule is CC(C)N1CCO[C@@H]2CCN(C(=O)c3cccc(C#N)c3)C[C@H]21. The van der Waals surface area contributed by atoms with Crippen molar-refractivity contribution in [1.29, 1.82) is 5.26 Å². The maximum Gasteiger partial charge on any atom is 0.253 e. The zero-order valence-corrected chi connectivity index (χ0v) is 13.7. The van der Waals surface area contributed by atoms with Crippen molar-refractivity contribution in [1.82, 2.24) is 9.80 Å². The molecule has 0 radical (unpaired) electrons. The zero-order valence-electron chi connectivity index (χ0n) is 13.7. The Morgan fingerprint density at radius 2 is 2.22 bits per heavy atom. The number of nitriles is 1. The molecule has 2 heterocycles. The molecule has 0 N–H and O–H groups in total. The lowest BCUT2D eigenvalue weighted by Crippen LogP contribution is -2.62. The molecule has 2 aliphatic heterocycles. The molecule has 1 aromatic rings. The van der Waals surface area contributed by atoms with Crippen molar-refractivity contribution in [2.24, 2.45) is 0 Å². The second kappa shape index (κ2) is 6.69. The van der Waals surface area contributed by atoms with Gasteiger partial charge in [0.2, 0.25) is 0 Å². The van der Waals surface area contributed by atoms with Crippen LogP contribution in [0.2, 0.25) is 0 Å². The molecule has 0 unspecified atom stereocenters. The fourth-order valence-corrected chi connectivity index (χ4v) is 3.63. The Bertz CT molecular complexity index is 623. The molecule has 2 fully saturated rings. The maximum atomic E-state index is 12.8. The van der Waals surface area contributed by atoms with E-state index < -0.39 is 0 Å². The fourth-order valence-electron chi connectivity index (χ4n) is 3.63. The average molecular weight is 313 g/mol. The van der Waals surface area contributed by atoms with Gasteiger partial charge in [0.15, 0.2) is 0 Å². The standard InChI is InChI=1S/C18H23N3O2/c1-13(2)21-8-9-23-17-6-7-20(12-16(17)21)18(22)15-5-3-4-14(10-15)11-19/h3-5,10,13,16-17H,6-9,12H2,1-2H3/t16-,17-/m1/s1. The van der Waals surface area contributed by atoms with Crippen molar-refractivity contribution < 1.29 is 9.53 Å². The summed E-state index contributed by atoms with van der Waals surface area (Å²) in [5, 5.41) is 9.01. The summed E-state index contributed by atoms with van der Waals surface area (Å²) in [6.45, 7) is 7.49. The first-order valence-corrected chi connectivity index (χ1v) is 8.27. The molecule has 0 aliphatic carbocycles. The number of fused-ring (bicyclic) bond motifs is 1. The Labute approximate surface area is 137 Å². The smallest absolute Gasteiger partial charge is 0.253 e. The lowest BCUT2D eigenvalue weighted by atomic mass is 9.96. The summed E-state index contributed by atoms with van der Waals surface area (Å²) in [5.41, 5.74) is 1.12. The predicted octanol–water partition coefficient (Wildman–Crippen LogP) is 1.88. The number of ether oxygens (including phenoxy) is 1. The third-order valence-corrected chi connectivity index (χ3v) is 4.82. The van der Waals surface area contributed by atoms with E-state index in [1.807, 2.05) is 4.90 Å². The molecule has 2 atom stereocenters. The minimum absolute atomic E-state index is 0.00910. The maximum absolute atomic E-state index is 12.8. The van der Waals surface area contributed by atoms with E-state index in [2.05, 4.69) is 24.8 Å². The van der Waals surface area contributed by atoms with Gasteiger partial charge in [-0.15, -0.1) is 0 Å². The van der Waals surface area contributed by atoms with E-state index >= 15 is 0 Å². The number of hydrogen-bond donors (Lipinski definition) is 0. The van der Waals surface area contributed by atoms with Crippen LogP contribution in [0.25, 0.3) is 0 Å². The van der Waals surface area contributed by atoms with Gasteiger partial charge in [-0.25, -0.2) is 0 Å². The van der Waals surface area contributed by atoms with E-state index in [-0.39, 0.29) is 18.1 Å². The number of piperidine rings is 1. The quantitative estimate of drug-likeness (QED) is 0.836. The molecular formula is C18H23N3O2. The molecule has 5 heteroatoms. The number of likely N-dealkylation sites (tertiary alicyclic amines) is 1. The first-order valence-electron chi connectivity index (χ1n) is 8.27. The van der Waals surface area contributed by atoms with Crippen LogP contribution in [0.3, 0.4) is 0 Å². The lowest BCUT2D eigenvalue weighted by Gasteiger charge is -2.48. The van der Waals surface area contributed by atoms with Crippen LogP contribution < -0.4 is 0 Å². The third kappa shape index (κ3) is 3.24. The first-order chi connectivity index (χ1) is 11.1. The van der Waals surface area contributed by atoms with Gasteiger partial charge in [0.1, 0.15) is 0 Å². The number of rotatable bonds is 2. The largest absolute Gasteiger partial charge is 0.375 e. The van der Waals surface area contributed by atoms with Gasteiger partial charge >= 0.3 is 0 Å². The number of benzene rings is 1. The Morgan fingerprint density at radius 1 is 1.39 bits per heavy atom. The zero-order chi connectivity index (χ0) is 16.4. The molecule has 122 valence electrons. The van der Waals surface area contributed by atoms with Crippen LogP contribution in [-0.4, -0.2) is 60.1 Å². The van der Waals surface area contributed by atoms with Crippen LogP contribution in [0.4, 0.5) is 0 Å². The number of amides is 1. The van der Waals surface area contributed by atoms with Crippen molar-refractivity contribution in [3.8, 4) is 6.07 Å². The molecule has 23 heavy (non-hydrogen) atoms. The van der Waals surface area contributed by atoms with Gasteiger partial charge < -0.3 is 9.64 Å². The van der Waals surface area contributed by atoms with Crippen LogP contribution in [0, 0.1) is 11.3 Å². The van der Waals surface area contributed by atoms with Crippen LogP contribution in [0.15, 0.2) is 24.3 Å². The molecular weight excluding hydrogens is 290 g/mol. The molecule has 0 aromatic heterocycles. The average Bonchev–Trinajstić information content (AvgIpc) is 2.60. The number of carbonyl (C=O) groups excluding carboxylic acids is 1. The highest BCUT2D eigenvalue weighted by molar-refractivity contribution is 5.94. The highest BCUT2D eigenvalue weighted by atomic mass is 16.5. The van der Waals surface area contributed by atoms with Crippen molar-refractivity contribution in [2.75, 3.05) is 26.2 Å². The van der Waals surface area contributed by atoms with E-state index in [4.69, 9.17) is 10.00 Å². The van der Waals surface area contributed by atoms with Gasteiger partial charge in [-0.1, -0.05) is 6.07 Å². The molecule has 1 amide bonds. The number of morpholine rings is 1. The first kappa shape index (κ1) is 16.0. The van der Waals surface area contributed by atoms with Crippen molar-refractivity contribution in [2.45, 2.75) is 38.5 Å². The second-order valence-electron chi connectivity index (χ2n) is 6.54. The third-order valence-electron chi connectivity index (χ3n) is 4.82. The summed E-state index contributed by atoms with van der Waals surface area (Å²) in [4.78, 5) is 17.1. The van der Waals surface area contributed by atoms with Crippen molar-refractivity contribution >= 4 is 5.91 Å². The molecule has 0 saturated carbocycles. The number of carbonyl (C=O) groups is 1. The van der Waals surface area contributed by atoms with Gasteiger partial charge in [-0.2, -0.15) is 5.26 Å². The Kier molecular flexibility index (Phi) is 4.65. The lowest BCUT2D eigenvalue weighted by molar-refractivity contribution is -0.107. The minimum Gasteiger partial charge on any atom is -0.375 e. The summed E-state index contributed by atoms with van der Waals surface area (Å²) in [7, 11) is 0. The Hall–Kier alpha value is -1.90. The van der Waals surface area contributed by atoms with Crippen LogP contribution in [0.1, 0.15) is 36.2 Å². The summed E-state index contributed by atoms with van der Waals surface area (Å²) in [6.07, 6.45) is 1.10. The molecule has 1 aromatic carbocycles. The van der Waals surface area contributed by atoms with Gasteiger partial charge in [0, 0.05) is 31.2 Å². The van der Waals surface area contributed by atoms with Crippen LogP contribution in [0.5, 0.6) is 0 Å². The number of hydrogen-bond acceptors (Lipinski definition) is 4. The van der Waals surface area contributed by atoms with E-state index in [0.717, 1.165) is 19.6 Å². The van der Waals surface area contributed by atoms with E-state index in [1.165, 1.54) is 0 Å². The topological polar surface area (TPSA) is 56.6 Å². The Balaban J connectivity index is 1.76. The highest BCUT2D eigenvalue weighted by Crippen LogP contribution is 2.25. The van der Waals surface area contributed by atoms with E-state index in [1.54, 1.807) is 24.3 Å². The van der Waals surface area contributed by atoms with Gasteiger partial charge in [-0.3, -0.25) is 9.69 Å². The van der Waals surface area contributed by atoms with Gasteiger partial charge in [0.25, 0.3) is 5.91 Å². The molecule has 5 nitrogen and oxygen atoms in total. The number of nitrogens with zero attached hydrogens (tertiary/aromatic N) is 3. The van der Waals surface area contributed by atoms with Crippen molar-refractivity contribution in [3.05, 3.63) is 35.4 Å². The van der Waals surface area contributed by atoms with E-state index in [9.17, 15) is 4.79 Å². The van der Waals surface area contributed by atoms with Crippen molar-refractivity contribution in [3.63, 3.8) is 0 Å². The molecule has 2 aliphatic rings. The second-order valence-corrected chi connectivity index (χ2v) is 6.54. The van der Waals surface area contributed by atoms with E-state index in [0.29, 0.717) is 30.3 Å². The van der Waals surface area contributed by atoms with Crippen LogP contribution in [-0.2, 0) is 4.74 Å².